The lowest BCUT2D eigenvalue weighted by atomic mass is 10.1. The zero-order valence-corrected chi connectivity index (χ0v) is 8.77. The molecule has 0 saturated carbocycles. The van der Waals surface area contributed by atoms with E-state index in [-0.39, 0.29) is 12.3 Å². The minimum Gasteiger partial charge on any atom is -0.434 e. The molecule has 2 N–H and O–H groups in total. The van der Waals surface area contributed by atoms with Crippen molar-refractivity contribution in [2.75, 3.05) is 0 Å². The Bertz CT molecular complexity index is 500. The van der Waals surface area contributed by atoms with Crippen LogP contribution in [0.15, 0.2) is 34.9 Å². The maximum Gasteiger partial charge on any atom is 0.387 e. The van der Waals surface area contributed by atoms with E-state index in [1.807, 2.05) is 0 Å². The number of hydrogen-bond acceptors (Lipinski definition) is 4. The highest BCUT2D eigenvalue weighted by Crippen LogP contribution is 2.31. The van der Waals surface area contributed by atoms with Gasteiger partial charge in [0.25, 0.3) is 0 Å². The van der Waals surface area contributed by atoms with Gasteiger partial charge in [0.15, 0.2) is 5.76 Å². The topological polar surface area (TPSA) is 61.3 Å². The van der Waals surface area contributed by atoms with E-state index in [1.165, 1.54) is 6.07 Å². The van der Waals surface area contributed by atoms with E-state index >= 15 is 0 Å². The molecule has 6 heteroatoms. The summed E-state index contributed by atoms with van der Waals surface area (Å²) in [5.41, 5.74) is 6.35. The van der Waals surface area contributed by atoms with Crippen LogP contribution in [0.1, 0.15) is 5.69 Å². The molecule has 2 aromatic rings. The highest BCUT2D eigenvalue weighted by molar-refractivity contribution is 5.65. The van der Waals surface area contributed by atoms with Gasteiger partial charge in [0.1, 0.15) is 5.75 Å². The van der Waals surface area contributed by atoms with Crippen LogP contribution in [0.5, 0.6) is 5.75 Å². The van der Waals surface area contributed by atoms with Gasteiger partial charge < -0.3 is 15.0 Å². The molecule has 0 atom stereocenters. The first-order chi connectivity index (χ1) is 8.20. The molecule has 0 bridgehead atoms. The molecular weight excluding hydrogens is 230 g/mol. The lowest BCUT2D eigenvalue weighted by Gasteiger charge is -2.07. The number of para-hydroxylation sites is 1. The van der Waals surface area contributed by atoms with E-state index in [1.54, 1.807) is 24.3 Å². The first-order valence-corrected chi connectivity index (χ1v) is 4.90. The Balaban J connectivity index is 2.36. The average molecular weight is 240 g/mol. The van der Waals surface area contributed by atoms with Gasteiger partial charge in [-0.05, 0) is 12.1 Å². The monoisotopic (exact) mass is 240 g/mol. The molecule has 1 aromatic heterocycles. The maximum atomic E-state index is 12.2. The molecule has 0 unspecified atom stereocenters. The first-order valence-electron chi connectivity index (χ1n) is 4.90. The molecule has 0 spiro atoms. The standard InChI is InChI=1S/C11H10F2N2O2/c12-11(13)16-9-4-2-1-3-8(9)10-5-7(6-14)15-17-10/h1-5,11H,6,14H2. The van der Waals surface area contributed by atoms with E-state index in [0.29, 0.717) is 17.0 Å². The van der Waals surface area contributed by atoms with Crippen molar-refractivity contribution in [2.45, 2.75) is 13.2 Å². The lowest BCUT2D eigenvalue weighted by molar-refractivity contribution is -0.0495. The van der Waals surface area contributed by atoms with Gasteiger partial charge in [-0.3, -0.25) is 0 Å². The first kappa shape index (κ1) is 11.5. The number of ether oxygens (including phenoxy) is 1. The highest BCUT2D eigenvalue weighted by atomic mass is 19.3. The summed E-state index contributed by atoms with van der Waals surface area (Å²) < 4.78 is 33.8. The van der Waals surface area contributed by atoms with Gasteiger partial charge in [0, 0.05) is 12.6 Å². The van der Waals surface area contributed by atoms with Crippen LogP contribution in [0.25, 0.3) is 11.3 Å². The second-order valence-corrected chi connectivity index (χ2v) is 3.26. The van der Waals surface area contributed by atoms with Gasteiger partial charge in [-0.2, -0.15) is 8.78 Å². The van der Waals surface area contributed by atoms with Crippen LogP contribution in [0.3, 0.4) is 0 Å². The van der Waals surface area contributed by atoms with Crippen molar-refractivity contribution in [3.8, 4) is 17.1 Å². The summed E-state index contributed by atoms with van der Waals surface area (Å²) in [6.07, 6.45) is 0. The SMILES string of the molecule is NCc1cc(-c2ccccc2OC(F)F)on1. The normalized spacial score (nSPS) is 10.8. The van der Waals surface area contributed by atoms with Crippen molar-refractivity contribution in [1.82, 2.24) is 5.16 Å². The van der Waals surface area contributed by atoms with E-state index < -0.39 is 6.61 Å². The smallest absolute Gasteiger partial charge is 0.387 e. The van der Waals surface area contributed by atoms with Crippen molar-refractivity contribution < 1.29 is 18.0 Å². The molecule has 0 saturated heterocycles. The van der Waals surface area contributed by atoms with Gasteiger partial charge in [-0.15, -0.1) is 0 Å². The second-order valence-electron chi connectivity index (χ2n) is 3.26. The number of halogens is 2. The Hall–Kier alpha value is -1.95. The summed E-state index contributed by atoms with van der Waals surface area (Å²) >= 11 is 0. The van der Waals surface area contributed by atoms with Crippen LogP contribution in [0.2, 0.25) is 0 Å². The minimum atomic E-state index is -2.88. The van der Waals surface area contributed by atoms with Crippen LogP contribution in [-0.4, -0.2) is 11.8 Å². The number of aromatic nitrogens is 1. The van der Waals surface area contributed by atoms with Crippen molar-refractivity contribution in [2.24, 2.45) is 5.73 Å². The molecule has 0 aliphatic heterocycles. The number of alkyl halides is 2. The predicted molar refractivity (Wildman–Crippen MR) is 56.5 cm³/mol. The molecule has 0 aliphatic carbocycles. The fourth-order valence-electron chi connectivity index (χ4n) is 1.40. The van der Waals surface area contributed by atoms with Gasteiger partial charge in [0.05, 0.1) is 11.3 Å². The van der Waals surface area contributed by atoms with E-state index in [4.69, 9.17) is 10.3 Å². The maximum absolute atomic E-state index is 12.2. The molecule has 4 nitrogen and oxygen atoms in total. The Morgan fingerprint density at radius 2 is 2.12 bits per heavy atom. The third-order valence-electron chi connectivity index (χ3n) is 2.14. The molecule has 1 aromatic carbocycles. The fourth-order valence-corrected chi connectivity index (χ4v) is 1.40. The summed E-state index contributed by atoms with van der Waals surface area (Å²) in [5.74, 6) is 0.393. The quantitative estimate of drug-likeness (QED) is 0.891. The molecule has 0 fully saturated rings. The van der Waals surface area contributed by atoms with Crippen molar-refractivity contribution in [3.63, 3.8) is 0 Å². The predicted octanol–water partition coefficient (Wildman–Crippen LogP) is 2.40. The van der Waals surface area contributed by atoms with Crippen molar-refractivity contribution in [1.29, 1.82) is 0 Å². The van der Waals surface area contributed by atoms with E-state index in [9.17, 15) is 8.78 Å². The van der Waals surface area contributed by atoms with Crippen LogP contribution in [0.4, 0.5) is 8.78 Å². The zero-order chi connectivity index (χ0) is 12.3. The summed E-state index contributed by atoms with van der Waals surface area (Å²) in [6.45, 7) is -2.66. The number of hydrogen-bond donors (Lipinski definition) is 1. The molecule has 0 amide bonds. The van der Waals surface area contributed by atoms with Gasteiger partial charge in [-0.1, -0.05) is 17.3 Å². The summed E-state index contributed by atoms with van der Waals surface area (Å²) in [4.78, 5) is 0. The molecule has 0 radical (unpaired) electrons. The van der Waals surface area contributed by atoms with Gasteiger partial charge in [0.2, 0.25) is 0 Å². The summed E-state index contributed by atoms with van der Waals surface area (Å²) in [6, 6.07) is 7.93. The molecule has 17 heavy (non-hydrogen) atoms. The largest absolute Gasteiger partial charge is 0.434 e. The number of benzene rings is 1. The summed E-state index contributed by atoms with van der Waals surface area (Å²) in [7, 11) is 0. The third kappa shape index (κ3) is 2.59. The van der Waals surface area contributed by atoms with Crippen LogP contribution < -0.4 is 10.5 Å². The van der Waals surface area contributed by atoms with Gasteiger partial charge >= 0.3 is 6.61 Å². The number of nitrogens with zero attached hydrogens (tertiary/aromatic N) is 1. The Labute approximate surface area is 96.0 Å². The lowest BCUT2D eigenvalue weighted by Crippen LogP contribution is -2.02. The van der Waals surface area contributed by atoms with Crippen molar-refractivity contribution in [3.05, 3.63) is 36.0 Å². The Kier molecular flexibility index (Phi) is 3.34. The van der Waals surface area contributed by atoms with Gasteiger partial charge in [-0.25, -0.2) is 0 Å². The average Bonchev–Trinajstić information content (AvgIpc) is 2.77. The van der Waals surface area contributed by atoms with Crippen LogP contribution in [-0.2, 0) is 6.54 Å². The summed E-state index contributed by atoms with van der Waals surface area (Å²) in [5, 5.41) is 3.69. The molecular formula is C11H10F2N2O2. The molecule has 2 rings (SSSR count). The zero-order valence-electron chi connectivity index (χ0n) is 8.77. The van der Waals surface area contributed by atoms with E-state index in [0.717, 1.165) is 0 Å². The Morgan fingerprint density at radius 1 is 1.35 bits per heavy atom. The molecule has 0 aliphatic rings. The van der Waals surface area contributed by atoms with Crippen LogP contribution in [0, 0.1) is 0 Å². The molecule has 90 valence electrons. The van der Waals surface area contributed by atoms with Crippen molar-refractivity contribution >= 4 is 0 Å². The number of nitrogens with two attached hydrogens (primary N) is 1. The van der Waals surface area contributed by atoms with Crippen LogP contribution >= 0.6 is 0 Å². The third-order valence-corrected chi connectivity index (χ3v) is 2.14. The fraction of sp³-hybridized carbons (Fsp3) is 0.182. The minimum absolute atomic E-state index is 0.0437. The van der Waals surface area contributed by atoms with E-state index in [2.05, 4.69) is 9.89 Å². The second kappa shape index (κ2) is 4.92. The number of rotatable bonds is 4. The Morgan fingerprint density at radius 3 is 2.76 bits per heavy atom. The highest BCUT2D eigenvalue weighted by Gasteiger charge is 2.14. The molecule has 1 heterocycles.